The lowest BCUT2D eigenvalue weighted by Crippen LogP contribution is -2.29. The van der Waals surface area contributed by atoms with Crippen LogP contribution in [0.15, 0.2) is 24.3 Å². The molecule has 0 aromatic heterocycles. The van der Waals surface area contributed by atoms with Crippen LogP contribution in [0.4, 0.5) is 0 Å². The third-order valence-corrected chi connectivity index (χ3v) is 3.38. The van der Waals surface area contributed by atoms with E-state index in [1.54, 1.807) is 0 Å². The van der Waals surface area contributed by atoms with E-state index in [0.29, 0.717) is 0 Å². The number of hydrogen-bond donors (Lipinski definition) is 1. The van der Waals surface area contributed by atoms with Crippen molar-refractivity contribution < 1.29 is 0 Å². The molecule has 1 aliphatic heterocycles. The lowest BCUT2D eigenvalue weighted by molar-refractivity contribution is 0.335. The van der Waals surface area contributed by atoms with E-state index < -0.39 is 0 Å². The third-order valence-electron chi connectivity index (χ3n) is 3.38. The highest BCUT2D eigenvalue weighted by molar-refractivity contribution is 5.25. The predicted octanol–water partition coefficient (Wildman–Crippen LogP) is 2.18. The molecule has 2 heteroatoms. The molecule has 0 aliphatic carbocycles. The Labute approximate surface area is 98.7 Å². The Kier molecular flexibility index (Phi) is 4.37. The molecule has 1 N–H and O–H groups in total. The van der Waals surface area contributed by atoms with Crippen molar-refractivity contribution in [3.8, 4) is 0 Å². The Morgan fingerprint density at radius 2 is 1.94 bits per heavy atom. The Hall–Kier alpha value is -0.860. The summed E-state index contributed by atoms with van der Waals surface area (Å²) in [5.41, 5.74) is 2.81. The van der Waals surface area contributed by atoms with Gasteiger partial charge in [-0.25, -0.2) is 0 Å². The van der Waals surface area contributed by atoms with Crippen molar-refractivity contribution in [3.05, 3.63) is 35.4 Å². The van der Waals surface area contributed by atoms with Gasteiger partial charge >= 0.3 is 0 Å². The van der Waals surface area contributed by atoms with Gasteiger partial charge in [0.1, 0.15) is 0 Å². The van der Waals surface area contributed by atoms with Crippen molar-refractivity contribution in [2.24, 2.45) is 0 Å². The van der Waals surface area contributed by atoms with Gasteiger partial charge in [-0.05, 0) is 44.0 Å². The smallest absolute Gasteiger partial charge is 0.0208 e. The van der Waals surface area contributed by atoms with E-state index in [9.17, 15) is 0 Å². The van der Waals surface area contributed by atoms with Crippen molar-refractivity contribution in [1.82, 2.24) is 10.2 Å². The van der Waals surface area contributed by atoms with Crippen LogP contribution in [0.25, 0.3) is 0 Å². The summed E-state index contributed by atoms with van der Waals surface area (Å²) in [6.45, 7) is 8.08. The molecule has 2 rings (SSSR count). The number of hydrogen-bond acceptors (Lipinski definition) is 2. The fraction of sp³-hybridized carbons (Fsp3) is 0.571. The molecule has 1 fully saturated rings. The Bertz CT molecular complexity index is 316. The van der Waals surface area contributed by atoms with E-state index in [0.717, 1.165) is 13.1 Å². The Balaban J connectivity index is 1.66. The van der Waals surface area contributed by atoms with Crippen molar-refractivity contribution >= 4 is 0 Å². The lowest BCUT2D eigenvalue weighted by atomic mass is 10.1. The Morgan fingerprint density at radius 1 is 1.19 bits per heavy atom. The van der Waals surface area contributed by atoms with E-state index in [2.05, 4.69) is 41.4 Å². The number of likely N-dealkylation sites (tertiary alicyclic amines) is 1. The first kappa shape index (κ1) is 11.6. The van der Waals surface area contributed by atoms with Crippen LogP contribution in [0, 0.1) is 6.92 Å². The summed E-state index contributed by atoms with van der Waals surface area (Å²) >= 11 is 0. The standard InChI is InChI=1S/C14H22N2/c1-13-6-2-3-7-14(13)12-15-8-11-16-9-4-5-10-16/h2-3,6-7,15H,4-5,8-12H2,1H3. The van der Waals surface area contributed by atoms with Crippen LogP contribution < -0.4 is 5.32 Å². The van der Waals surface area contributed by atoms with Gasteiger partial charge in [-0.3, -0.25) is 0 Å². The number of nitrogens with zero attached hydrogens (tertiary/aromatic N) is 1. The molecule has 0 unspecified atom stereocenters. The van der Waals surface area contributed by atoms with Gasteiger partial charge in [0.2, 0.25) is 0 Å². The maximum atomic E-state index is 3.53. The summed E-state index contributed by atoms with van der Waals surface area (Å²) in [6, 6.07) is 8.60. The maximum Gasteiger partial charge on any atom is 0.0208 e. The van der Waals surface area contributed by atoms with E-state index in [-0.39, 0.29) is 0 Å². The average Bonchev–Trinajstić information content (AvgIpc) is 2.79. The molecule has 0 bridgehead atoms. The molecule has 2 nitrogen and oxygen atoms in total. The van der Waals surface area contributed by atoms with E-state index >= 15 is 0 Å². The third kappa shape index (κ3) is 3.32. The van der Waals surface area contributed by atoms with Gasteiger partial charge in [0.25, 0.3) is 0 Å². The SMILES string of the molecule is Cc1ccccc1CNCCN1CCCC1. The van der Waals surface area contributed by atoms with Gasteiger partial charge in [0, 0.05) is 19.6 Å². The minimum Gasteiger partial charge on any atom is -0.311 e. The highest BCUT2D eigenvalue weighted by Gasteiger charge is 2.09. The van der Waals surface area contributed by atoms with Crippen molar-refractivity contribution in [1.29, 1.82) is 0 Å². The fourth-order valence-electron chi connectivity index (χ4n) is 2.27. The second-order valence-corrected chi connectivity index (χ2v) is 4.65. The molecular weight excluding hydrogens is 196 g/mol. The number of rotatable bonds is 5. The first-order valence-corrected chi connectivity index (χ1v) is 6.34. The minimum atomic E-state index is 1.00. The van der Waals surface area contributed by atoms with E-state index in [4.69, 9.17) is 0 Å². The van der Waals surface area contributed by atoms with Crippen LogP contribution in [0.1, 0.15) is 24.0 Å². The summed E-state index contributed by atoms with van der Waals surface area (Å²) in [5.74, 6) is 0. The molecule has 1 saturated heterocycles. The van der Waals surface area contributed by atoms with Crippen LogP contribution in [-0.4, -0.2) is 31.1 Å². The zero-order valence-corrected chi connectivity index (χ0v) is 10.2. The van der Waals surface area contributed by atoms with Crippen LogP contribution in [-0.2, 0) is 6.54 Å². The maximum absolute atomic E-state index is 3.53. The van der Waals surface area contributed by atoms with Crippen LogP contribution in [0.3, 0.4) is 0 Å². The molecule has 1 heterocycles. The first-order valence-electron chi connectivity index (χ1n) is 6.34. The second kappa shape index (κ2) is 6.02. The summed E-state index contributed by atoms with van der Waals surface area (Å²) in [7, 11) is 0. The number of nitrogens with one attached hydrogen (secondary N) is 1. The molecule has 88 valence electrons. The molecule has 0 atom stereocenters. The van der Waals surface area contributed by atoms with Crippen LogP contribution >= 0.6 is 0 Å². The quantitative estimate of drug-likeness (QED) is 0.762. The lowest BCUT2D eigenvalue weighted by Gasteiger charge is -2.15. The molecule has 0 amide bonds. The highest BCUT2D eigenvalue weighted by Crippen LogP contribution is 2.07. The molecular formula is C14H22N2. The molecule has 1 aromatic carbocycles. The van der Waals surface area contributed by atoms with Crippen molar-refractivity contribution in [3.63, 3.8) is 0 Å². The Morgan fingerprint density at radius 3 is 2.69 bits per heavy atom. The molecule has 1 aliphatic rings. The van der Waals surface area contributed by atoms with Gasteiger partial charge < -0.3 is 10.2 Å². The predicted molar refractivity (Wildman–Crippen MR) is 68.6 cm³/mol. The number of aryl methyl sites for hydroxylation is 1. The summed E-state index contributed by atoms with van der Waals surface area (Å²) in [4.78, 5) is 2.55. The molecule has 16 heavy (non-hydrogen) atoms. The summed E-state index contributed by atoms with van der Waals surface area (Å²) in [5, 5.41) is 3.53. The van der Waals surface area contributed by atoms with Crippen molar-refractivity contribution in [2.75, 3.05) is 26.2 Å². The average molecular weight is 218 g/mol. The molecule has 0 saturated carbocycles. The van der Waals surface area contributed by atoms with E-state index in [1.165, 1.54) is 43.6 Å². The molecule has 0 spiro atoms. The zero-order valence-electron chi connectivity index (χ0n) is 10.2. The first-order chi connectivity index (χ1) is 7.86. The molecule has 1 aromatic rings. The molecule has 0 radical (unpaired) electrons. The van der Waals surface area contributed by atoms with Gasteiger partial charge in [-0.15, -0.1) is 0 Å². The monoisotopic (exact) mass is 218 g/mol. The minimum absolute atomic E-state index is 1.00. The van der Waals surface area contributed by atoms with Gasteiger partial charge in [0.05, 0.1) is 0 Å². The largest absolute Gasteiger partial charge is 0.311 e. The number of benzene rings is 1. The summed E-state index contributed by atoms with van der Waals surface area (Å²) < 4.78 is 0. The second-order valence-electron chi connectivity index (χ2n) is 4.65. The topological polar surface area (TPSA) is 15.3 Å². The zero-order chi connectivity index (χ0) is 11.2. The van der Waals surface area contributed by atoms with Gasteiger partial charge in [-0.2, -0.15) is 0 Å². The van der Waals surface area contributed by atoms with Crippen LogP contribution in [0.5, 0.6) is 0 Å². The van der Waals surface area contributed by atoms with E-state index in [1.807, 2.05) is 0 Å². The highest BCUT2D eigenvalue weighted by atomic mass is 15.1. The van der Waals surface area contributed by atoms with Gasteiger partial charge in [-0.1, -0.05) is 24.3 Å². The van der Waals surface area contributed by atoms with Gasteiger partial charge in [0.15, 0.2) is 0 Å². The normalized spacial score (nSPS) is 16.8. The van der Waals surface area contributed by atoms with Crippen molar-refractivity contribution in [2.45, 2.75) is 26.3 Å². The van der Waals surface area contributed by atoms with Crippen LogP contribution in [0.2, 0.25) is 0 Å². The summed E-state index contributed by atoms with van der Waals surface area (Å²) in [6.07, 6.45) is 2.77. The fourth-order valence-corrected chi connectivity index (χ4v) is 2.27.